The zero-order valence-electron chi connectivity index (χ0n) is 15.2. The van der Waals surface area contributed by atoms with Crippen molar-refractivity contribution in [2.24, 2.45) is 0 Å². The number of carbonyl (C=O) groups excluding carboxylic acids is 1. The van der Waals surface area contributed by atoms with Crippen molar-refractivity contribution in [1.82, 2.24) is 0 Å². The Kier molecular flexibility index (Phi) is 6.81. The second kappa shape index (κ2) is 9.34. The first-order chi connectivity index (χ1) is 14.2. The summed E-state index contributed by atoms with van der Waals surface area (Å²) in [6.45, 7) is -0.317. The first kappa shape index (κ1) is 21.9. The minimum Gasteiger partial charge on any atom is -0.484 e. The Morgan fingerprint density at radius 2 is 1.63 bits per heavy atom. The third-order valence-electron chi connectivity index (χ3n) is 3.83. The Bertz CT molecular complexity index is 1150. The molecule has 0 saturated carbocycles. The Morgan fingerprint density at radius 1 is 0.967 bits per heavy atom. The predicted octanol–water partition coefficient (Wildman–Crippen LogP) is 4.95. The van der Waals surface area contributed by atoms with Crippen LogP contribution in [0.3, 0.4) is 0 Å². The van der Waals surface area contributed by atoms with Gasteiger partial charge in [-0.05, 0) is 60.7 Å². The zero-order chi connectivity index (χ0) is 21.7. The van der Waals surface area contributed by atoms with Crippen molar-refractivity contribution >= 4 is 50.5 Å². The van der Waals surface area contributed by atoms with Crippen molar-refractivity contribution in [2.45, 2.75) is 4.90 Å². The average Bonchev–Trinajstić information content (AvgIpc) is 2.72. The van der Waals surface area contributed by atoms with E-state index in [4.69, 9.17) is 27.9 Å². The van der Waals surface area contributed by atoms with Gasteiger partial charge in [-0.2, -0.15) is 0 Å². The van der Waals surface area contributed by atoms with Crippen LogP contribution in [0.5, 0.6) is 5.75 Å². The van der Waals surface area contributed by atoms with Gasteiger partial charge in [0.15, 0.2) is 6.61 Å². The molecule has 0 aromatic heterocycles. The van der Waals surface area contributed by atoms with E-state index in [9.17, 15) is 17.6 Å². The van der Waals surface area contributed by atoms with Crippen molar-refractivity contribution < 1.29 is 22.3 Å². The summed E-state index contributed by atoms with van der Waals surface area (Å²) in [6.07, 6.45) is 0. The lowest BCUT2D eigenvalue weighted by molar-refractivity contribution is -0.118. The molecule has 0 unspecified atom stereocenters. The summed E-state index contributed by atoms with van der Waals surface area (Å²) >= 11 is 11.9. The van der Waals surface area contributed by atoms with Gasteiger partial charge >= 0.3 is 0 Å². The van der Waals surface area contributed by atoms with Gasteiger partial charge in [0.1, 0.15) is 11.6 Å². The second-order valence-electron chi connectivity index (χ2n) is 6.02. The van der Waals surface area contributed by atoms with Crippen LogP contribution in [0.25, 0.3) is 0 Å². The van der Waals surface area contributed by atoms with Crippen molar-refractivity contribution in [2.75, 3.05) is 16.6 Å². The molecule has 0 atom stereocenters. The van der Waals surface area contributed by atoms with Gasteiger partial charge < -0.3 is 10.1 Å². The quantitative estimate of drug-likeness (QED) is 0.513. The fraction of sp³-hybridized carbons (Fsp3) is 0.0500. The Labute approximate surface area is 182 Å². The summed E-state index contributed by atoms with van der Waals surface area (Å²) in [5.41, 5.74) is 0.583. The Balaban J connectivity index is 1.59. The molecule has 0 saturated heterocycles. The number of hydrogen-bond acceptors (Lipinski definition) is 4. The molecular formula is C20H15Cl2FN2O4S. The van der Waals surface area contributed by atoms with Crippen LogP contribution >= 0.6 is 23.2 Å². The largest absolute Gasteiger partial charge is 0.484 e. The van der Waals surface area contributed by atoms with E-state index in [0.29, 0.717) is 16.5 Å². The third kappa shape index (κ3) is 5.63. The number of sulfonamides is 1. The van der Waals surface area contributed by atoms with Gasteiger partial charge in [0.2, 0.25) is 0 Å². The lowest BCUT2D eigenvalue weighted by Gasteiger charge is -2.11. The standard InChI is InChI=1S/C20H15Cl2FN2O4S/c21-17-2-1-3-18(20(17)22)24-19(26)12-29-15-8-10-16(11-9-15)30(27,28)25-14-6-4-13(23)5-7-14/h1-11,25H,12H2,(H,24,26). The summed E-state index contributed by atoms with van der Waals surface area (Å²) in [4.78, 5) is 12.0. The molecular weight excluding hydrogens is 454 g/mol. The van der Waals surface area contributed by atoms with Gasteiger partial charge in [0.05, 0.1) is 20.6 Å². The van der Waals surface area contributed by atoms with Gasteiger partial charge in [-0.25, -0.2) is 12.8 Å². The van der Waals surface area contributed by atoms with E-state index >= 15 is 0 Å². The van der Waals surface area contributed by atoms with E-state index in [1.807, 2.05) is 0 Å². The number of carbonyl (C=O) groups is 1. The van der Waals surface area contributed by atoms with E-state index in [1.165, 1.54) is 36.4 Å². The number of amides is 1. The number of ether oxygens (including phenoxy) is 1. The minimum atomic E-state index is -3.86. The van der Waals surface area contributed by atoms with Crippen molar-refractivity contribution in [3.63, 3.8) is 0 Å². The highest BCUT2D eigenvalue weighted by Crippen LogP contribution is 2.29. The predicted molar refractivity (Wildman–Crippen MR) is 114 cm³/mol. The lowest BCUT2D eigenvalue weighted by Crippen LogP contribution is -2.20. The average molecular weight is 469 g/mol. The van der Waals surface area contributed by atoms with Gasteiger partial charge in [-0.1, -0.05) is 29.3 Å². The highest BCUT2D eigenvalue weighted by atomic mass is 35.5. The molecule has 3 aromatic rings. The molecule has 10 heteroatoms. The summed E-state index contributed by atoms with van der Waals surface area (Å²) in [5.74, 6) is -0.641. The van der Waals surface area contributed by atoms with Crippen LogP contribution in [0, 0.1) is 5.82 Å². The molecule has 6 nitrogen and oxygen atoms in total. The molecule has 156 valence electrons. The molecule has 30 heavy (non-hydrogen) atoms. The molecule has 3 rings (SSSR count). The molecule has 0 radical (unpaired) electrons. The van der Waals surface area contributed by atoms with Gasteiger partial charge in [0, 0.05) is 5.69 Å². The molecule has 0 aliphatic rings. The second-order valence-corrected chi connectivity index (χ2v) is 8.49. The maximum Gasteiger partial charge on any atom is 0.262 e. The zero-order valence-corrected chi connectivity index (χ0v) is 17.6. The molecule has 0 bridgehead atoms. The molecule has 0 aliphatic heterocycles. The lowest BCUT2D eigenvalue weighted by atomic mass is 10.3. The third-order valence-corrected chi connectivity index (χ3v) is 6.04. The number of benzene rings is 3. The molecule has 0 fully saturated rings. The molecule has 2 N–H and O–H groups in total. The highest BCUT2D eigenvalue weighted by Gasteiger charge is 2.15. The maximum atomic E-state index is 12.9. The van der Waals surface area contributed by atoms with Crippen molar-refractivity contribution in [3.05, 3.63) is 82.6 Å². The van der Waals surface area contributed by atoms with E-state index < -0.39 is 21.7 Å². The normalized spacial score (nSPS) is 11.0. The van der Waals surface area contributed by atoms with Gasteiger partial charge in [-0.15, -0.1) is 0 Å². The molecule has 0 aliphatic carbocycles. The smallest absolute Gasteiger partial charge is 0.262 e. The molecule has 0 spiro atoms. The Hall–Kier alpha value is -2.81. The van der Waals surface area contributed by atoms with Crippen LogP contribution in [-0.2, 0) is 14.8 Å². The van der Waals surface area contributed by atoms with Crippen LogP contribution < -0.4 is 14.8 Å². The van der Waals surface area contributed by atoms with Crippen LogP contribution in [0.2, 0.25) is 10.0 Å². The fourth-order valence-corrected chi connectivity index (χ4v) is 3.79. The van der Waals surface area contributed by atoms with E-state index in [-0.39, 0.29) is 22.2 Å². The highest BCUT2D eigenvalue weighted by molar-refractivity contribution is 7.92. The van der Waals surface area contributed by atoms with Crippen molar-refractivity contribution in [1.29, 1.82) is 0 Å². The van der Waals surface area contributed by atoms with Crippen LogP contribution in [-0.4, -0.2) is 20.9 Å². The first-order valence-electron chi connectivity index (χ1n) is 8.50. The van der Waals surface area contributed by atoms with Gasteiger partial charge in [0.25, 0.3) is 15.9 Å². The molecule has 1 amide bonds. The number of nitrogens with one attached hydrogen (secondary N) is 2. The topological polar surface area (TPSA) is 84.5 Å². The minimum absolute atomic E-state index is 0.0191. The summed E-state index contributed by atoms with van der Waals surface area (Å²) < 4.78 is 45.4. The first-order valence-corrected chi connectivity index (χ1v) is 10.7. The van der Waals surface area contributed by atoms with Crippen LogP contribution in [0.15, 0.2) is 71.6 Å². The van der Waals surface area contributed by atoms with Crippen molar-refractivity contribution in [3.8, 4) is 5.75 Å². The number of rotatable bonds is 7. The van der Waals surface area contributed by atoms with Gasteiger partial charge in [-0.3, -0.25) is 9.52 Å². The van der Waals surface area contributed by atoms with E-state index in [1.54, 1.807) is 18.2 Å². The van der Waals surface area contributed by atoms with Crippen LogP contribution in [0.1, 0.15) is 0 Å². The summed E-state index contributed by atoms with van der Waals surface area (Å²) in [7, 11) is -3.86. The number of anilines is 2. The maximum absolute atomic E-state index is 12.9. The fourth-order valence-electron chi connectivity index (χ4n) is 2.38. The van der Waals surface area contributed by atoms with E-state index in [2.05, 4.69) is 10.0 Å². The molecule has 3 aromatic carbocycles. The summed E-state index contributed by atoms with van der Waals surface area (Å²) in [6, 6.07) is 15.2. The monoisotopic (exact) mass is 468 g/mol. The summed E-state index contributed by atoms with van der Waals surface area (Å²) in [5, 5.41) is 3.10. The number of halogens is 3. The molecule has 0 heterocycles. The van der Waals surface area contributed by atoms with Crippen LogP contribution in [0.4, 0.5) is 15.8 Å². The number of hydrogen-bond donors (Lipinski definition) is 2. The SMILES string of the molecule is O=C(COc1ccc(S(=O)(=O)Nc2ccc(F)cc2)cc1)Nc1cccc(Cl)c1Cl. The Morgan fingerprint density at radius 3 is 2.30 bits per heavy atom. The van der Waals surface area contributed by atoms with E-state index in [0.717, 1.165) is 12.1 Å².